The Balaban J connectivity index is 1.71. The van der Waals surface area contributed by atoms with Crippen molar-refractivity contribution in [2.45, 2.75) is 26.2 Å². The van der Waals surface area contributed by atoms with Gasteiger partial charge < -0.3 is 5.11 Å². The van der Waals surface area contributed by atoms with Crippen molar-refractivity contribution < 1.29 is 5.11 Å². The Morgan fingerprint density at radius 2 is 1.62 bits per heavy atom. The summed E-state index contributed by atoms with van der Waals surface area (Å²) >= 11 is 0. The van der Waals surface area contributed by atoms with Crippen molar-refractivity contribution in [3.8, 4) is 5.75 Å². The Hall–Kier alpha value is -2.35. The maximum Gasteiger partial charge on any atom is 0.115 e. The Labute approximate surface area is 125 Å². The highest BCUT2D eigenvalue weighted by Crippen LogP contribution is 2.24. The fourth-order valence-electron chi connectivity index (χ4n) is 2.53. The molecule has 0 bridgehead atoms. The minimum absolute atomic E-state index is 0.307. The fourth-order valence-corrected chi connectivity index (χ4v) is 2.53. The number of hydrogen-bond donors (Lipinski definition) is 1. The Morgan fingerprint density at radius 3 is 2.29 bits per heavy atom. The first kappa shape index (κ1) is 13.6. The number of aryl methyl sites for hydroxylation is 1. The lowest BCUT2D eigenvalue weighted by Gasteiger charge is -2.03. The van der Waals surface area contributed by atoms with Gasteiger partial charge in [0.1, 0.15) is 5.75 Å². The van der Waals surface area contributed by atoms with E-state index in [1.165, 1.54) is 22.4 Å². The zero-order chi connectivity index (χ0) is 14.7. The zero-order valence-electron chi connectivity index (χ0n) is 12.2. The lowest BCUT2D eigenvalue weighted by molar-refractivity contribution is 0.475. The second kappa shape index (κ2) is 5.96. The molecule has 3 rings (SSSR count). The molecular weight excluding hydrogens is 258 g/mol. The van der Waals surface area contributed by atoms with Crippen LogP contribution in [0.2, 0.25) is 0 Å². The van der Waals surface area contributed by atoms with Gasteiger partial charge in [-0.2, -0.15) is 0 Å². The van der Waals surface area contributed by atoms with Crippen molar-refractivity contribution in [1.82, 2.24) is 0 Å². The molecule has 2 heteroatoms. The lowest BCUT2D eigenvalue weighted by Crippen LogP contribution is -1.98. The van der Waals surface area contributed by atoms with E-state index in [1.807, 2.05) is 12.1 Å². The molecule has 0 saturated carbocycles. The number of benzene rings is 2. The van der Waals surface area contributed by atoms with Gasteiger partial charge >= 0.3 is 0 Å². The molecule has 1 N–H and O–H groups in total. The van der Waals surface area contributed by atoms with Crippen molar-refractivity contribution in [1.29, 1.82) is 0 Å². The summed E-state index contributed by atoms with van der Waals surface area (Å²) in [6, 6.07) is 16.0. The summed E-state index contributed by atoms with van der Waals surface area (Å²) in [5, 5.41) is 9.31. The molecule has 1 aliphatic heterocycles. The number of phenols is 1. The molecular formula is C19H19NO. The van der Waals surface area contributed by atoms with E-state index in [4.69, 9.17) is 4.99 Å². The second-order valence-electron chi connectivity index (χ2n) is 5.37. The van der Waals surface area contributed by atoms with Gasteiger partial charge in [0.15, 0.2) is 0 Å². The third-order valence-electron chi connectivity index (χ3n) is 3.81. The molecule has 1 heterocycles. The highest BCUT2D eigenvalue weighted by Gasteiger charge is 2.11. The summed E-state index contributed by atoms with van der Waals surface area (Å²) in [6.45, 7) is 2.16. The van der Waals surface area contributed by atoms with Crippen LogP contribution < -0.4 is 0 Å². The van der Waals surface area contributed by atoms with Gasteiger partial charge in [0.05, 0.1) is 5.70 Å². The van der Waals surface area contributed by atoms with Gasteiger partial charge in [-0.3, -0.25) is 4.99 Å². The number of hydrogen-bond acceptors (Lipinski definition) is 2. The Kier molecular flexibility index (Phi) is 3.87. The normalized spacial score (nSPS) is 14.0. The molecule has 0 atom stereocenters. The maximum atomic E-state index is 9.31. The van der Waals surface area contributed by atoms with Gasteiger partial charge in [-0.1, -0.05) is 49.4 Å². The predicted octanol–water partition coefficient (Wildman–Crippen LogP) is 4.38. The van der Waals surface area contributed by atoms with E-state index in [0.717, 1.165) is 25.0 Å². The van der Waals surface area contributed by atoms with Gasteiger partial charge in [0.25, 0.3) is 0 Å². The maximum absolute atomic E-state index is 9.31. The molecule has 1 aliphatic rings. The minimum atomic E-state index is 0.307. The quantitative estimate of drug-likeness (QED) is 0.883. The van der Waals surface area contributed by atoms with E-state index in [9.17, 15) is 5.11 Å². The smallest absolute Gasteiger partial charge is 0.115 e. The summed E-state index contributed by atoms with van der Waals surface area (Å²) in [5.74, 6) is 0.307. The van der Waals surface area contributed by atoms with E-state index in [0.29, 0.717) is 5.75 Å². The predicted molar refractivity (Wildman–Crippen MR) is 87.7 cm³/mol. The number of aromatic hydroxyl groups is 1. The van der Waals surface area contributed by atoms with E-state index in [1.54, 1.807) is 12.1 Å². The van der Waals surface area contributed by atoms with Crippen LogP contribution in [0.3, 0.4) is 0 Å². The molecule has 21 heavy (non-hydrogen) atoms. The van der Waals surface area contributed by atoms with Crippen molar-refractivity contribution in [3.63, 3.8) is 0 Å². The number of rotatable bonds is 4. The fraction of sp³-hybridized carbons (Fsp3) is 0.211. The van der Waals surface area contributed by atoms with Crippen LogP contribution in [0.15, 0.2) is 59.6 Å². The minimum Gasteiger partial charge on any atom is -0.508 e. The Morgan fingerprint density at radius 1 is 0.952 bits per heavy atom. The van der Waals surface area contributed by atoms with Crippen LogP contribution in [-0.2, 0) is 12.8 Å². The molecule has 2 nitrogen and oxygen atoms in total. The molecule has 0 unspecified atom stereocenters. The molecule has 0 saturated heterocycles. The standard InChI is InChI=1S/C19H19NO/c1-2-14-3-7-16(8-4-14)19-12-9-17(20-19)13-15-5-10-18(21)11-6-15/h3-8,10-12,21H,2,9,13H2,1H3. The van der Waals surface area contributed by atoms with E-state index >= 15 is 0 Å². The van der Waals surface area contributed by atoms with Gasteiger partial charge in [-0.25, -0.2) is 0 Å². The first-order chi connectivity index (χ1) is 10.2. The van der Waals surface area contributed by atoms with E-state index < -0.39 is 0 Å². The monoisotopic (exact) mass is 277 g/mol. The van der Waals surface area contributed by atoms with Crippen LogP contribution >= 0.6 is 0 Å². The Bertz CT molecular complexity index is 679. The van der Waals surface area contributed by atoms with Crippen LogP contribution in [0.1, 0.15) is 30.0 Å². The SMILES string of the molecule is CCc1ccc(C2=CCC(Cc3ccc(O)cc3)=N2)cc1. The number of aliphatic imine (C=N–C) groups is 1. The topological polar surface area (TPSA) is 32.6 Å². The summed E-state index contributed by atoms with van der Waals surface area (Å²) in [6.07, 6.45) is 5.00. The molecule has 0 fully saturated rings. The van der Waals surface area contributed by atoms with Gasteiger partial charge in [-0.15, -0.1) is 0 Å². The summed E-state index contributed by atoms with van der Waals surface area (Å²) in [7, 11) is 0. The van der Waals surface area contributed by atoms with Gasteiger partial charge in [0, 0.05) is 18.6 Å². The van der Waals surface area contributed by atoms with Crippen LogP contribution in [0.25, 0.3) is 5.70 Å². The molecule has 0 radical (unpaired) electrons. The van der Waals surface area contributed by atoms with Crippen molar-refractivity contribution in [2.24, 2.45) is 4.99 Å². The first-order valence-corrected chi connectivity index (χ1v) is 7.38. The zero-order valence-corrected chi connectivity index (χ0v) is 12.2. The molecule has 0 aliphatic carbocycles. The molecule has 2 aromatic carbocycles. The molecule has 0 amide bonds. The molecule has 0 aromatic heterocycles. The van der Waals surface area contributed by atoms with Crippen LogP contribution in [0.4, 0.5) is 0 Å². The average Bonchev–Trinajstić information content (AvgIpc) is 2.98. The summed E-state index contributed by atoms with van der Waals surface area (Å²) in [4.78, 5) is 4.75. The summed E-state index contributed by atoms with van der Waals surface area (Å²) < 4.78 is 0. The molecule has 106 valence electrons. The van der Waals surface area contributed by atoms with Crippen molar-refractivity contribution in [2.75, 3.05) is 0 Å². The van der Waals surface area contributed by atoms with Gasteiger partial charge in [-0.05, 0) is 35.2 Å². The first-order valence-electron chi connectivity index (χ1n) is 7.38. The van der Waals surface area contributed by atoms with E-state index in [-0.39, 0.29) is 0 Å². The third kappa shape index (κ3) is 3.22. The number of phenolic OH excluding ortho intramolecular Hbond substituents is 1. The highest BCUT2D eigenvalue weighted by atomic mass is 16.3. The lowest BCUT2D eigenvalue weighted by atomic mass is 10.1. The third-order valence-corrected chi connectivity index (χ3v) is 3.81. The number of nitrogens with zero attached hydrogens (tertiary/aromatic N) is 1. The molecule has 2 aromatic rings. The number of allylic oxidation sites excluding steroid dienone is 1. The van der Waals surface area contributed by atoms with Crippen LogP contribution in [-0.4, -0.2) is 10.8 Å². The van der Waals surface area contributed by atoms with Crippen molar-refractivity contribution >= 4 is 11.4 Å². The largest absolute Gasteiger partial charge is 0.508 e. The van der Waals surface area contributed by atoms with Crippen LogP contribution in [0, 0.1) is 0 Å². The second-order valence-corrected chi connectivity index (χ2v) is 5.37. The van der Waals surface area contributed by atoms with Gasteiger partial charge in [0.2, 0.25) is 0 Å². The molecule has 0 spiro atoms. The average molecular weight is 277 g/mol. The summed E-state index contributed by atoms with van der Waals surface area (Å²) in [5.41, 5.74) is 5.97. The van der Waals surface area contributed by atoms with Crippen molar-refractivity contribution in [3.05, 3.63) is 71.3 Å². The van der Waals surface area contributed by atoms with Crippen LogP contribution in [0.5, 0.6) is 5.75 Å². The highest BCUT2D eigenvalue weighted by molar-refractivity contribution is 5.97. The van der Waals surface area contributed by atoms with E-state index in [2.05, 4.69) is 37.3 Å².